The molecule has 0 saturated carbocycles. The number of anilines is 2. The monoisotopic (exact) mass is 339 g/mol. The zero-order chi connectivity index (χ0) is 15.9. The van der Waals surface area contributed by atoms with E-state index in [1.165, 1.54) is 47.4 Å². The number of hydrogen-bond acceptors (Lipinski definition) is 5. The number of hydrogen-bond donors (Lipinski definition) is 2. The number of thiazole rings is 1. The first-order chi connectivity index (χ1) is 10.5. The highest BCUT2D eigenvalue weighted by atomic mass is 32.2. The maximum atomic E-state index is 12.7. The van der Waals surface area contributed by atoms with Crippen molar-refractivity contribution >= 4 is 45.7 Å². The molecule has 1 aromatic carbocycles. The first kappa shape index (κ1) is 16.4. The van der Waals surface area contributed by atoms with E-state index in [2.05, 4.69) is 15.6 Å². The van der Waals surface area contributed by atoms with Crippen LogP contribution in [0.2, 0.25) is 0 Å². The van der Waals surface area contributed by atoms with Crippen molar-refractivity contribution in [3.05, 3.63) is 41.2 Å². The summed E-state index contributed by atoms with van der Waals surface area (Å²) in [5, 5.41) is 5.85. The topological polar surface area (TPSA) is 71.1 Å². The third-order valence-corrected chi connectivity index (χ3v) is 4.22. The molecule has 116 valence electrons. The molecule has 0 aliphatic carbocycles. The van der Waals surface area contributed by atoms with Gasteiger partial charge in [-0.1, -0.05) is 0 Å². The molecule has 0 saturated heterocycles. The summed E-state index contributed by atoms with van der Waals surface area (Å²) < 4.78 is 12.7. The molecule has 5 nitrogen and oxygen atoms in total. The molecule has 0 unspecified atom stereocenters. The number of halogens is 1. The Morgan fingerprint density at radius 2 is 1.82 bits per heavy atom. The van der Waals surface area contributed by atoms with Gasteiger partial charge < -0.3 is 10.6 Å². The van der Waals surface area contributed by atoms with Crippen molar-refractivity contribution in [1.29, 1.82) is 0 Å². The summed E-state index contributed by atoms with van der Waals surface area (Å²) in [6.07, 6.45) is 1.68. The van der Waals surface area contributed by atoms with Gasteiger partial charge in [0.1, 0.15) is 5.82 Å². The van der Waals surface area contributed by atoms with Crippen LogP contribution in [0.25, 0.3) is 0 Å². The number of carbonyl (C=O) groups is 2. The molecule has 0 fully saturated rings. The summed E-state index contributed by atoms with van der Waals surface area (Å²) in [6, 6.07) is 5.50. The van der Waals surface area contributed by atoms with Crippen molar-refractivity contribution in [3.8, 4) is 0 Å². The van der Waals surface area contributed by atoms with E-state index in [-0.39, 0.29) is 29.1 Å². The van der Waals surface area contributed by atoms with E-state index in [0.717, 1.165) is 4.88 Å². The van der Waals surface area contributed by atoms with Gasteiger partial charge in [-0.3, -0.25) is 9.59 Å². The van der Waals surface area contributed by atoms with Gasteiger partial charge >= 0.3 is 0 Å². The van der Waals surface area contributed by atoms with E-state index < -0.39 is 0 Å². The van der Waals surface area contributed by atoms with Crippen molar-refractivity contribution in [2.75, 3.05) is 22.1 Å². The molecule has 2 rings (SSSR count). The van der Waals surface area contributed by atoms with Crippen molar-refractivity contribution in [2.24, 2.45) is 0 Å². The van der Waals surface area contributed by atoms with Gasteiger partial charge in [0.2, 0.25) is 11.8 Å². The van der Waals surface area contributed by atoms with Crippen LogP contribution in [0.3, 0.4) is 0 Å². The van der Waals surface area contributed by atoms with Gasteiger partial charge in [-0.15, -0.1) is 23.1 Å². The fourth-order valence-corrected chi connectivity index (χ4v) is 2.83. The summed E-state index contributed by atoms with van der Waals surface area (Å²) in [6.45, 7) is 1.90. The van der Waals surface area contributed by atoms with E-state index in [1.807, 2.05) is 6.92 Å². The molecule has 0 atom stereocenters. The molecule has 8 heteroatoms. The van der Waals surface area contributed by atoms with Gasteiger partial charge in [-0.2, -0.15) is 0 Å². The lowest BCUT2D eigenvalue weighted by Gasteiger charge is -2.05. The normalized spacial score (nSPS) is 10.3. The summed E-state index contributed by atoms with van der Waals surface area (Å²) in [5.74, 6) is -0.498. The van der Waals surface area contributed by atoms with Gasteiger partial charge in [-0.05, 0) is 31.2 Å². The maximum absolute atomic E-state index is 12.7. The van der Waals surface area contributed by atoms with E-state index in [9.17, 15) is 14.0 Å². The average Bonchev–Trinajstić information content (AvgIpc) is 2.86. The molecule has 1 heterocycles. The van der Waals surface area contributed by atoms with Crippen molar-refractivity contribution in [1.82, 2.24) is 4.98 Å². The van der Waals surface area contributed by atoms with E-state index in [0.29, 0.717) is 10.8 Å². The molecule has 0 aliphatic heterocycles. The number of amides is 2. The highest BCUT2D eigenvalue weighted by Gasteiger charge is 2.08. The minimum Gasteiger partial charge on any atom is -0.325 e. The van der Waals surface area contributed by atoms with E-state index in [4.69, 9.17) is 0 Å². The van der Waals surface area contributed by atoms with Gasteiger partial charge in [0.25, 0.3) is 0 Å². The van der Waals surface area contributed by atoms with Crippen LogP contribution in [0.15, 0.2) is 30.5 Å². The number of nitrogens with zero attached hydrogens (tertiary/aromatic N) is 1. The molecule has 22 heavy (non-hydrogen) atoms. The third kappa shape index (κ3) is 5.45. The summed E-state index contributed by atoms with van der Waals surface area (Å²) in [7, 11) is 0. The second-order valence-electron chi connectivity index (χ2n) is 4.37. The van der Waals surface area contributed by atoms with Crippen LogP contribution >= 0.6 is 23.1 Å². The number of thioether (sulfide) groups is 1. The number of aryl methyl sites for hydroxylation is 1. The molecule has 2 amide bonds. The number of rotatable bonds is 6. The van der Waals surface area contributed by atoms with Crippen LogP contribution in [0, 0.1) is 12.7 Å². The Kier molecular flexibility index (Phi) is 5.91. The first-order valence-corrected chi connectivity index (χ1v) is 8.35. The van der Waals surface area contributed by atoms with Crippen molar-refractivity contribution in [2.45, 2.75) is 6.92 Å². The second-order valence-corrected chi connectivity index (χ2v) is 6.59. The SMILES string of the molecule is Cc1cnc(NC(=O)CSCC(=O)Nc2ccc(F)cc2)s1. The fourth-order valence-electron chi connectivity index (χ4n) is 1.53. The predicted octanol–water partition coefficient (Wildman–Crippen LogP) is 2.90. The van der Waals surface area contributed by atoms with Crippen LogP contribution in [-0.2, 0) is 9.59 Å². The number of benzene rings is 1. The molecular formula is C14H14FN3O2S2. The number of aromatic nitrogens is 1. The lowest BCUT2D eigenvalue weighted by molar-refractivity contribution is -0.114. The highest BCUT2D eigenvalue weighted by Crippen LogP contribution is 2.16. The minimum absolute atomic E-state index is 0.141. The van der Waals surface area contributed by atoms with Crippen LogP contribution < -0.4 is 10.6 Å². The van der Waals surface area contributed by atoms with Crippen LogP contribution in [-0.4, -0.2) is 28.3 Å². The molecule has 0 aliphatic rings. The van der Waals surface area contributed by atoms with Crippen LogP contribution in [0.4, 0.5) is 15.2 Å². The molecule has 1 aromatic heterocycles. The summed E-state index contributed by atoms with van der Waals surface area (Å²) in [4.78, 5) is 28.4. The summed E-state index contributed by atoms with van der Waals surface area (Å²) >= 11 is 2.59. The Hall–Kier alpha value is -1.93. The smallest absolute Gasteiger partial charge is 0.236 e. The Balaban J connectivity index is 1.68. The first-order valence-electron chi connectivity index (χ1n) is 6.38. The van der Waals surface area contributed by atoms with Gasteiger partial charge in [0.05, 0.1) is 11.5 Å². The lowest BCUT2D eigenvalue weighted by atomic mass is 10.3. The molecule has 0 spiro atoms. The van der Waals surface area contributed by atoms with Gasteiger partial charge in [0, 0.05) is 16.8 Å². The molecule has 2 N–H and O–H groups in total. The minimum atomic E-state index is -0.360. The Bertz CT molecular complexity index is 658. The summed E-state index contributed by atoms with van der Waals surface area (Å²) in [5.41, 5.74) is 0.523. The standard InChI is InChI=1S/C14H14FN3O2S2/c1-9-6-16-14(22-9)18-13(20)8-21-7-12(19)17-11-4-2-10(15)3-5-11/h2-6H,7-8H2,1H3,(H,17,19)(H,16,18,20). The number of nitrogens with one attached hydrogen (secondary N) is 2. The van der Waals surface area contributed by atoms with E-state index in [1.54, 1.807) is 6.20 Å². The van der Waals surface area contributed by atoms with Gasteiger partial charge in [0.15, 0.2) is 5.13 Å². The Morgan fingerprint density at radius 3 is 2.41 bits per heavy atom. The van der Waals surface area contributed by atoms with Crippen molar-refractivity contribution < 1.29 is 14.0 Å². The molecule has 0 radical (unpaired) electrons. The van der Waals surface area contributed by atoms with Gasteiger partial charge in [-0.25, -0.2) is 9.37 Å². The van der Waals surface area contributed by atoms with Crippen LogP contribution in [0.5, 0.6) is 0 Å². The average molecular weight is 339 g/mol. The highest BCUT2D eigenvalue weighted by molar-refractivity contribution is 8.00. The van der Waals surface area contributed by atoms with E-state index >= 15 is 0 Å². The lowest BCUT2D eigenvalue weighted by Crippen LogP contribution is -2.18. The molecule has 0 bridgehead atoms. The number of carbonyl (C=O) groups excluding carboxylic acids is 2. The molecular weight excluding hydrogens is 325 g/mol. The predicted molar refractivity (Wildman–Crippen MR) is 87.8 cm³/mol. The Labute approximate surface area is 135 Å². The Morgan fingerprint density at radius 1 is 1.18 bits per heavy atom. The van der Waals surface area contributed by atoms with Crippen LogP contribution in [0.1, 0.15) is 4.88 Å². The molecule has 2 aromatic rings. The zero-order valence-electron chi connectivity index (χ0n) is 11.8. The zero-order valence-corrected chi connectivity index (χ0v) is 13.4. The largest absolute Gasteiger partial charge is 0.325 e. The third-order valence-electron chi connectivity index (χ3n) is 2.46. The fraction of sp³-hybridized carbons (Fsp3) is 0.214. The maximum Gasteiger partial charge on any atom is 0.236 e. The van der Waals surface area contributed by atoms with Crippen molar-refractivity contribution in [3.63, 3.8) is 0 Å². The second kappa shape index (κ2) is 7.90. The quantitative estimate of drug-likeness (QED) is 0.849.